The Morgan fingerprint density at radius 1 is 1.13 bits per heavy atom. The molecule has 3 amide bonds. The van der Waals surface area contributed by atoms with Crippen LogP contribution in [0.5, 0.6) is 0 Å². The molecular weight excluding hydrogens is 380 g/mol. The molecule has 0 bridgehead atoms. The Labute approximate surface area is 175 Å². The lowest BCUT2D eigenvalue weighted by atomic mass is 9.91. The number of nitrogens with zero attached hydrogens (tertiary/aromatic N) is 2. The lowest BCUT2D eigenvalue weighted by Crippen LogP contribution is -2.52. The Bertz CT molecular complexity index is 914. The highest BCUT2D eigenvalue weighted by Gasteiger charge is 2.28. The molecule has 156 valence electrons. The first-order chi connectivity index (χ1) is 14.6. The maximum atomic E-state index is 12.4. The third kappa shape index (κ3) is 4.91. The normalized spacial score (nSPS) is 22.4. The zero-order chi connectivity index (χ0) is 20.9. The van der Waals surface area contributed by atoms with Crippen LogP contribution < -0.4 is 10.6 Å². The van der Waals surface area contributed by atoms with Crippen LogP contribution in [0.15, 0.2) is 48.7 Å². The molecule has 0 aliphatic carbocycles. The van der Waals surface area contributed by atoms with Crippen LogP contribution in [0.1, 0.15) is 53.2 Å². The number of rotatable bonds is 5. The summed E-state index contributed by atoms with van der Waals surface area (Å²) in [5, 5.41) is 4.91. The van der Waals surface area contributed by atoms with Crippen LogP contribution in [0.25, 0.3) is 0 Å². The fourth-order valence-electron chi connectivity index (χ4n) is 4.16. The van der Waals surface area contributed by atoms with E-state index >= 15 is 0 Å². The van der Waals surface area contributed by atoms with Gasteiger partial charge in [0.05, 0.1) is 0 Å². The molecule has 2 aliphatic rings. The van der Waals surface area contributed by atoms with E-state index in [4.69, 9.17) is 0 Å². The van der Waals surface area contributed by atoms with E-state index in [-0.39, 0.29) is 18.0 Å². The molecule has 2 unspecified atom stereocenters. The van der Waals surface area contributed by atoms with E-state index in [0.29, 0.717) is 12.3 Å². The largest absolute Gasteiger partial charge is 0.339 e. The molecule has 2 atom stereocenters. The molecule has 2 aromatic rings. The van der Waals surface area contributed by atoms with Crippen molar-refractivity contribution in [3.05, 3.63) is 65.5 Å². The number of hydrogen-bond acceptors (Lipinski definition) is 5. The smallest absolute Gasteiger partial charge is 0.270 e. The van der Waals surface area contributed by atoms with Crippen molar-refractivity contribution in [3.8, 4) is 0 Å². The van der Waals surface area contributed by atoms with Crippen molar-refractivity contribution in [3.63, 3.8) is 0 Å². The molecule has 3 heterocycles. The Hall–Kier alpha value is -3.06. The summed E-state index contributed by atoms with van der Waals surface area (Å²) in [5.74, 6) is -0.772. The SMILES string of the molecule is O=C1CCC(NC(=O)c2ccc(C3CCCN(Cc4ccccc4)C3)cn2)C(=O)N1. The third-order valence-corrected chi connectivity index (χ3v) is 5.79. The predicted octanol–water partition coefficient (Wildman–Crippen LogP) is 2.00. The number of imide groups is 1. The molecule has 4 rings (SSSR count). The molecule has 0 spiro atoms. The number of benzene rings is 1. The first-order valence-corrected chi connectivity index (χ1v) is 10.5. The number of pyridine rings is 1. The molecule has 0 radical (unpaired) electrons. The third-order valence-electron chi connectivity index (χ3n) is 5.79. The molecule has 1 aromatic carbocycles. The van der Waals surface area contributed by atoms with Crippen LogP contribution in [-0.4, -0.2) is 46.7 Å². The Morgan fingerprint density at radius 2 is 1.97 bits per heavy atom. The van der Waals surface area contributed by atoms with Gasteiger partial charge in [-0.1, -0.05) is 36.4 Å². The van der Waals surface area contributed by atoms with Crippen molar-refractivity contribution >= 4 is 17.7 Å². The van der Waals surface area contributed by atoms with Crippen molar-refractivity contribution in [1.29, 1.82) is 0 Å². The number of nitrogens with one attached hydrogen (secondary N) is 2. The Balaban J connectivity index is 1.35. The number of likely N-dealkylation sites (tertiary alicyclic amines) is 1. The molecule has 2 fully saturated rings. The van der Waals surface area contributed by atoms with Crippen molar-refractivity contribution < 1.29 is 14.4 Å². The summed E-state index contributed by atoms with van der Waals surface area (Å²) in [7, 11) is 0. The van der Waals surface area contributed by atoms with Crippen LogP contribution in [-0.2, 0) is 16.1 Å². The minimum atomic E-state index is -0.693. The second kappa shape index (κ2) is 9.17. The van der Waals surface area contributed by atoms with E-state index in [1.165, 1.54) is 5.56 Å². The summed E-state index contributed by atoms with van der Waals surface area (Å²) in [5.41, 5.74) is 2.72. The maximum absolute atomic E-state index is 12.4. The molecule has 2 aliphatic heterocycles. The van der Waals surface area contributed by atoms with E-state index in [0.717, 1.165) is 38.0 Å². The first-order valence-electron chi connectivity index (χ1n) is 10.5. The van der Waals surface area contributed by atoms with Crippen molar-refractivity contribution in [1.82, 2.24) is 20.5 Å². The number of hydrogen-bond donors (Lipinski definition) is 2. The topological polar surface area (TPSA) is 91.4 Å². The van der Waals surface area contributed by atoms with E-state index in [9.17, 15) is 14.4 Å². The molecule has 7 nitrogen and oxygen atoms in total. The van der Waals surface area contributed by atoms with E-state index in [2.05, 4.69) is 44.8 Å². The number of carbonyl (C=O) groups is 3. The lowest BCUT2D eigenvalue weighted by molar-refractivity contribution is -0.134. The summed E-state index contributed by atoms with van der Waals surface area (Å²) in [6, 6.07) is 13.5. The maximum Gasteiger partial charge on any atom is 0.270 e. The highest BCUT2D eigenvalue weighted by molar-refractivity contribution is 6.03. The standard InChI is InChI=1S/C23H26N4O3/c28-21-11-10-20(23(30)26-21)25-22(29)19-9-8-17(13-24-19)18-7-4-12-27(15-18)14-16-5-2-1-3-6-16/h1-3,5-6,8-9,13,18,20H,4,7,10-12,14-15H2,(H,25,29)(H,26,28,30). The van der Waals surface area contributed by atoms with E-state index in [1.807, 2.05) is 12.1 Å². The summed E-state index contributed by atoms with van der Waals surface area (Å²) < 4.78 is 0. The van der Waals surface area contributed by atoms with Gasteiger partial charge in [0.15, 0.2) is 0 Å². The summed E-state index contributed by atoms with van der Waals surface area (Å²) >= 11 is 0. The number of amides is 3. The monoisotopic (exact) mass is 406 g/mol. The number of carbonyl (C=O) groups excluding carboxylic acids is 3. The van der Waals surface area contributed by atoms with Gasteiger partial charge in [-0.3, -0.25) is 29.6 Å². The van der Waals surface area contributed by atoms with Crippen molar-refractivity contribution in [2.24, 2.45) is 0 Å². The van der Waals surface area contributed by atoms with Gasteiger partial charge in [-0.15, -0.1) is 0 Å². The van der Waals surface area contributed by atoms with Crippen LogP contribution in [0, 0.1) is 0 Å². The fourth-order valence-corrected chi connectivity index (χ4v) is 4.16. The van der Waals surface area contributed by atoms with Crippen LogP contribution in [0.2, 0.25) is 0 Å². The molecule has 30 heavy (non-hydrogen) atoms. The van der Waals surface area contributed by atoms with Crippen molar-refractivity contribution in [2.45, 2.75) is 44.2 Å². The second-order valence-corrected chi connectivity index (χ2v) is 8.01. The average molecular weight is 406 g/mol. The number of piperidine rings is 2. The van der Waals surface area contributed by atoms with Gasteiger partial charge in [-0.05, 0) is 48.9 Å². The van der Waals surface area contributed by atoms with Gasteiger partial charge in [-0.25, -0.2) is 0 Å². The second-order valence-electron chi connectivity index (χ2n) is 8.01. The fraction of sp³-hybridized carbons (Fsp3) is 0.391. The number of aromatic nitrogens is 1. The molecule has 7 heteroatoms. The van der Waals surface area contributed by atoms with Gasteiger partial charge in [-0.2, -0.15) is 0 Å². The quantitative estimate of drug-likeness (QED) is 0.741. The highest BCUT2D eigenvalue weighted by Crippen LogP contribution is 2.27. The van der Waals surface area contributed by atoms with Crippen LogP contribution in [0.3, 0.4) is 0 Å². The lowest BCUT2D eigenvalue weighted by Gasteiger charge is -2.33. The van der Waals surface area contributed by atoms with Crippen LogP contribution in [0.4, 0.5) is 0 Å². The van der Waals surface area contributed by atoms with Crippen LogP contribution >= 0.6 is 0 Å². The van der Waals surface area contributed by atoms with Gasteiger partial charge < -0.3 is 5.32 Å². The molecule has 2 N–H and O–H groups in total. The predicted molar refractivity (Wildman–Crippen MR) is 112 cm³/mol. The zero-order valence-corrected chi connectivity index (χ0v) is 16.8. The highest BCUT2D eigenvalue weighted by atomic mass is 16.2. The van der Waals surface area contributed by atoms with E-state index in [1.54, 1.807) is 12.3 Å². The van der Waals surface area contributed by atoms with Gasteiger partial charge in [0.1, 0.15) is 11.7 Å². The zero-order valence-electron chi connectivity index (χ0n) is 16.8. The minimum Gasteiger partial charge on any atom is -0.339 e. The summed E-state index contributed by atoms with van der Waals surface area (Å²) in [6.45, 7) is 3.00. The Kier molecular flexibility index (Phi) is 6.18. The summed E-state index contributed by atoms with van der Waals surface area (Å²) in [4.78, 5) is 42.3. The first kappa shape index (κ1) is 20.2. The van der Waals surface area contributed by atoms with Gasteiger partial charge in [0, 0.05) is 25.7 Å². The molecule has 1 aromatic heterocycles. The Morgan fingerprint density at radius 3 is 2.70 bits per heavy atom. The van der Waals surface area contributed by atoms with Gasteiger partial charge >= 0.3 is 0 Å². The summed E-state index contributed by atoms with van der Waals surface area (Å²) in [6.07, 6.45) is 4.55. The molecular formula is C23H26N4O3. The molecule has 0 saturated carbocycles. The van der Waals surface area contributed by atoms with Crippen molar-refractivity contribution in [2.75, 3.05) is 13.1 Å². The molecule has 2 saturated heterocycles. The van der Waals surface area contributed by atoms with Gasteiger partial charge in [0.2, 0.25) is 11.8 Å². The van der Waals surface area contributed by atoms with Gasteiger partial charge in [0.25, 0.3) is 5.91 Å². The van der Waals surface area contributed by atoms with E-state index < -0.39 is 17.9 Å². The minimum absolute atomic E-state index is 0.226. The average Bonchev–Trinajstić information content (AvgIpc) is 2.77.